The van der Waals surface area contributed by atoms with Gasteiger partial charge in [0.05, 0.1) is 10.5 Å². The van der Waals surface area contributed by atoms with Crippen molar-refractivity contribution in [2.24, 2.45) is 0 Å². The number of ketones is 1. The van der Waals surface area contributed by atoms with Gasteiger partial charge in [-0.15, -0.1) is 0 Å². The van der Waals surface area contributed by atoms with Crippen molar-refractivity contribution in [2.75, 3.05) is 13.2 Å². The van der Waals surface area contributed by atoms with Crippen molar-refractivity contribution >= 4 is 23.7 Å². The van der Waals surface area contributed by atoms with E-state index in [4.69, 9.17) is 9.47 Å². The Hall–Kier alpha value is -3.55. The lowest BCUT2D eigenvalue weighted by Crippen LogP contribution is -2.19. The van der Waals surface area contributed by atoms with Crippen LogP contribution < -0.4 is 4.74 Å². The van der Waals surface area contributed by atoms with Gasteiger partial charge < -0.3 is 9.47 Å². The van der Waals surface area contributed by atoms with Gasteiger partial charge in [0.25, 0.3) is 5.69 Å². The van der Waals surface area contributed by atoms with Gasteiger partial charge >= 0.3 is 5.97 Å². The lowest BCUT2D eigenvalue weighted by Gasteiger charge is -2.08. The van der Waals surface area contributed by atoms with Gasteiger partial charge in [-0.1, -0.05) is 24.3 Å². The first-order valence-corrected chi connectivity index (χ1v) is 7.11. The minimum atomic E-state index is -0.806. The van der Waals surface area contributed by atoms with Crippen molar-refractivity contribution in [2.45, 2.75) is 0 Å². The fourth-order valence-corrected chi connectivity index (χ4v) is 1.91. The zero-order chi connectivity index (χ0) is 18.2. The molecule has 0 N–H and O–H groups in total. The van der Waals surface area contributed by atoms with E-state index in [-0.39, 0.29) is 22.6 Å². The summed E-state index contributed by atoms with van der Waals surface area (Å²) in [6, 6.07) is 11.4. The van der Waals surface area contributed by atoms with Gasteiger partial charge in [-0.3, -0.25) is 19.7 Å². The second kappa shape index (κ2) is 8.34. The van der Waals surface area contributed by atoms with Gasteiger partial charge in [-0.2, -0.15) is 0 Å². The van der Waals surface area contributed by atoms with Crippen molar-refractivity contribution in [3.63, 3.8) is 0 Å². The molecule has 2 aromatic rings. The van der Waals surface area contributed by atoms with Crippen LogP contribution in [0.5, 0.6) is 5.75 Å². The maximum Gasteiger partial charge on any atom is 0.344 e. The number of nitrogens with zero attached hydrogens (tertiary/aromatic N) is 1. The largest absolute Gasteiger partial charge is 0.481 e. The summed E-state index contributed by atoms with van der Waals surface area (Å²) >= 11 is 0. The number of hydrogen-bond acceptors (Lipinski definition) is 7. The number of non-ortho nitro benzene ring substituents is 1. The highest BCUT2D eigenvalue weighted by Gasteiger charge is 2.14. The molecule has 0 bridgehead atoms. The summed E-state index contributed by atoms with van der Waals surface area (Å²) in [5.41, 5.74) is 0.114. The van der Waals surface area contributed by atoms with E-state index < -0.39 is 29.9 Å². The molecule has 0 aliphatic rings. The second-order valence-electron chi connectivity index (χ2n) is 4.84. The van der Waals surface area contributed by atoms with Crippen LogP contribution in [-0.2, 0) is 9.53 Å². The third-order valence-corrected chi connectivity index (χ3v) is 3.13. The van der Waals surface area contributed by atoms with Crippen LogP contribution in [0.3, 0.4) is 0 Å². The highest BCUT2D eigenvalue weighted by atomic mass is 16.6. The predicted molar refractivity (Wildman–Crippen MR) is 85.7 cm³/mol. The quantitative estimate of drug-likeness (QED) is 0.237. The summed E-state index contributed by atoms with van der Waals surface area (Å²) in [4.78, 5) is 44.4. The molecule has 8 heteroatoms. The monoisotopic (exact) mass is 343 g/mol. The molecular weight excluding hydrogens is 330 g/mol. The first-order valence-electron chi connectivity index (χ1n) is 7.11. The van der Waals surface area contributed by atoms with Gasteiger partial charge in [0.15, 0.2) is 19.5 Å². The molecule has 8 nitrogen and oxygen atoms in total. The number of carbonyl (C=O) groups excluding carboxylic acids is 3. The highest BCUT2D eigenvalue weighted by Crippen LogP contribution is 2.16. The summed E-state index contributed by atoms with van der Waals surface area (Å²) in [6.45, 7) is -1.05. The van der Waals surface area contributed by atoms with Crippen molar-refractivity contribution in [3.8, 4) is 5.75 Å². The van der Waals surface area contributed by atoms with Gasteiger partial charge in [-0.25, -0.2) is 4.79 Å². The number of rotatable bonds is 8. The maximum absolute atomic E-state index is 11.9. The zero-order valence-corrected chi connectivity index (χ0v) is 12.9. The predicted octanol–water partition coefficient (Wildman–Crippen LogP) is 2.21. The Kier molecular flexibility index (Phi) is 5.94. The molecule has 128 valence electrons. The van der Waals surface area contributed by atoms with Gasteiger partial charge in [0.2, 0.25) is 5.78 Å². The molecule has 0 atom stereocenters. The zero-order valence-electron chi connectivity index (χ0n) is 12.9. The number of benzene rings is 2. The van der Waals surface area contributed by atoms with Crippen LogP contribution in [0, 0.1) is 10.1 Å². The van der Waals surface area contributed by atoms with Crippen LogP contribution in [0.15, 0.2) is 48.5 Å². The fourth-order valence-electron chi connectivity index (χ4n) is 1.91. The van der Waals surface area contributed by atoms with Crippen molar-refractivity contribution in [1.82, 2.24) is 0 Å². The molecule has 0 heterocycles. The molecule has 2 aromatic carbocycles. The van der Waals surface area contributed by atoms with Crippen LogP contribution in [-0.4, -0.2) is 36.2 Å². The fraction of sp³-hybridized carbons (Fsp3) is 0.118. The molecule has 0 spiro atoms. The van der Waals surface area contributed by atoms with E-state index >= 15 is 0 Å². The molecule has 0 fully saturated rings. The lowest BCUT2D eigenvalue weighted by molar-refractivity contribution is -0.384. The minimum Gasteiger partial charge on any atom is -0.481 e. The van der Waals surface area contributed by atoms with E-state index in [0.717, 1.165) is 6.07 Å². The molecule has 0 aliphatic carbocycles. The Morgan fingerprint density at radius 1 is 1.08 bits per heavy atom. The van der Waals surface area contributed by atoms with E-state index in [1.54, 1.807) is 12.1 Å². The average Bonchev–Trinajstić information content (AvgIpc) is 2.64. The van der Waals surface area contributed by atoms with Crippen molar-refractivity contribution in [1.29, 1.82) is 0 Å². The van der Waals surface area contributed by atoms with Crippen LogP contribution in [0.4, 0.5) is 5.69 Å². The number of para-hydroxylation sites is 1. The number of carbonyl (C=O) groups is 3. The molecular formula is C17H13NO7. The van der Waals surface area contributed by atoms with Gasteiger partial charge in [-0.05, 0) is 12.1 Å². The number of aldehydes is 1. The normalized spacial score (nSPS) is 9.92. The number of nitro groups is 1. The second-order valence-corrected chi connectivity index (χ2v) is 4.84. The Balaban J connectivity index is 1.87. The minimum absolute atomic E-state index is 0.0641. The summed E-state index contributed by atoms with van der Waals surface area (Å²) in [7, 11) is 0. The summed E-state index contributed by atoms with van der Waals surface area (Å²) in [5, 5.41) is 10.7. The third kappa shape index (κ3) is 4.96. The molecule has 0 radical (unpaired) electrons. The number of ether oxygens (including phenoxy) is 2. The first kappa shape index (κ1) is 17.8. The third-order valence-electron chi connectivity index (χ3n) is 3.13. The molecule has 2 rings (SSSR count). The number of nitro benzene ring substituents is 1. The van der Waals surface area contributed by atoms with E-state index in [1.807, 2.05) is 0 Å². The van der Waals surface area contributed by atoms with Crippen LogP contribution in [0.1, 0.15) is 20.7 Å². The van der Waals surface area contributed by atoms with Crippen LogP contribution in [0.25, 0.3) is 0 Å². The smallest absolute Gasteiger partial charge is 0.344 e. The van der Waals surface area contributed by atoms with Gasteiger partial charge in [0, 0.05) is 17.7 Å². The summed E-state index contributed by atoms with van der Waals surface area (Å²) in [5.74, 6) is -1.16. The number of hydrogen-bond donors (Lipinski definition) is 0. The molecule has 0 saturated heterocycles. The van der Waals surface area contributed by atoms with E-state index in [2.05, 4.69) is 0 Å². The highest BCUT2D eigenvalue weighted by molar-refractivity contribution is 5.98. The molecule has 0 unspecified atom stereocenters. The topological polar surface area (TPSA) is 113 Å². The van der Waals surface area contributed by atoms with Crippen molar-refractivity contribution in [3.05, 3.63) is 69.8 Å². The Morgan fingerprint density at radius 2 is 1.84 bits per heavy atom. The van der Waals surface area contributed by atoms with Crippen LogP contribution in [0.2, 0.25) is 0 Å². The maximum atomic E-state index is 11.9. The Morgan fingerprint density at radius 3 is 2.56 bits per heavy atom. The average molecular weight is 343 g/mol. The Bertz CT molecular complexity index is 816. The lowest BCUT2D eigenvalue weighted by atomic mass is 10.1. The first-order chi connectivity index (χ1) is 12.0. The number of Topliss-reactive ketones (excluding diaryl/α,β-unsaturated/α-hetero) is 1. The summed E-state index contributed by atoms with van der Waals surface area (Å²) in [6.07, 6.45) is 0.590. The van der Waals surface area contributed by atoms with Gasteiger partial charge in [0.1, 0.15) is 5.75 Å². The molecule has 0 amide bonds. The molecule has 0 saturated carbocycles. The standard InChI is InChI=1S/C17H13NO7/c19-9-13-4-1-2-7-16(13)24-11-17(21)25-10-15(20)12-5-3-6-14(8-12)18(22)23/h1-9H,10-11H2. The molecule has 0 aromatic heterocycles. The van der Waals surface area contributed by atoms with Crippen LogP contribution >= 0.6 is 0 Å². The van der Waals surface area contributed by atoms with E-state index in [0.29, 0.717) is 6.29 Å². The van der Waals surface area contributed by atoms with Crippen molar-refractivity contribution < 1.29 is 28.8 Å². The SMILES string of the molecule is O=Cc1ccccc1OCC(=O)OCC(=O)c1cccc([N+](=O)[O-])c1. The number of esters is 1. The summed E-state index contributed by atoms with van der Waals surface area (Å²) < 4.78 is 9.95. The van der Waals surface area contributed by atoms with E-state index in [9.17, 15) is 24.5 Å². The molecule has 25 heavy (non-hydrogen) atoms. The molecule has 0 aliphatic heterocycles. The van der Waals surface area contributed by atoms with E-state index in [1.165, 1.54) is 30.3 Å². The Labute approximate surface area is 142 Å².